The number of nitrogens with one attached hydrogen (secondary N) is 2. The Bertz CT molecular complexity index is 1810. The topological polar surface area (TPSA) is 350 Å². The lowest BCUT2D eigenvalue weighted by molar-refractivity contribution is -0.121. The number of aromatic amines is 1. The molecule has 10 N–H and O–H groups in total. The lowest BCUT2D eigenvalue weighted by atomic mass is 10.0. The number of esters is 1. The molecule has 0 radical (unpaired) electrons. The number of hydrogen-bond donors (Lipinski definition) is 8. The maximum Gasteiger partial charge on any atom is 0.490 e. The number of rotatable bonds is 19. The van der Waals surface area contributed by atoms with Crippen LogP contribution in [-0.4, -0.2) is 92.8 Å². The van der Waals surface area contributed by atoms with Gasteiger partial charge in [-0.2, -0.15) is 8.62 Å². The number of nitrogens with two attached hydrogens (primary N) is 2. The molecule has 2 heterocycles. The molecule has 0 bridgehead atoms. The van der Waals surface area contributed by atoms with Gasteiger partial charge in [0, 0.05) is 36.5 Å². The number of carbonyl (C=O) groups is 2. The number of aromatic nitrogens is 2. The molecule has 0 saturated carbocycles. The van der Waals surface area contributed by atoms with Crippen molar-refractivity contribution >= 4 is 41.0 Å². The third-order valence-electron chi connectivity index (χ3n) is 6.63. The van der Waals surface area contributed by atoms with Gasteiger partial charge in [-0.3, -0.25) is 23.7 Å². The monoisotopic (exact) mass is 789 g/mol. The lowest BCUT2D eigenvalue weighted by Crippen LogP contribution is -2.33. The number of hydrogen-bond acceptors (Lipinski definition) is 16. The van der Waals surface area contributed by atoms with Crippen LogP contribution >= 0.6 is 23.5 Å². The molecule has 4 unspecified atom stereocenters. The Hall–Kier alpha value is -2.95. The van der Waals surface area contributed by atoms with Crippen LogP contribution in [0.5, 0.6) is 0 Å². The summed E-state index contributed by atoms with van der Waals surface area (Å²) in [6, 6.07) is 3.33. The van der Waals surface area contributed by atoms with E-state index in [4.69, 9.17) is 40.2 Å². The molecule has 0 aliphatic carbocycles. The number of nitrogens with zero attached hydrogens (tertiary/aromatic N) is 1. The number of ether oxygens (including phenoxy) is 4. The molecular weight excluding hydrogens is 751 g/mol. The zero-order chi connectivity index (χ0) is 38.1. The number of benzene rings is 1. The van der Waals surface area contributed by atoms with Crippen molar-refractivity contribution < 1.29 is 75.0 Å². The van der Waals surface area contributed by atoms with Crippen molar-refractivity contribution in [3.8, 4) is 0 Å². The second-order valence-electron chi connectivity index (χ2n) is 10.8. The lowest BCUT2D eigenvalue weighted by Gasteiger charge is -2.22. The molecule has 1 aliphatic heterocycles. The van der Waals surface area contributed by atoms with E-state index in [1.54, 1.807) is 6.92 Å². The highest BCUT2D eigenvalue weighted by molar-refractivity contribution is 7.66. The van der Waals surface area contributed by atoms with Crippen molar-refractivity contribution in [2.45, 2.75) is 44.7 Å². The van der Waals surface area contributed by atoms with Gasteiger partial charge in [0.15, 0.2) is 0 Å². The summed E-state index contributed by atoms with van der Waals surface area (Å²) in [5, 5.41) is 2.60. The molecule has 1 amide bonds. The average Bonchev–Trinajstić information content (AvgIpc) is 3.39. The van der Waals surface area contributed by atoms with E-state index in [0.717, 1.165) is 10.8 Å². The second kappa shape index (κ2) is 18.2. The van der Waals surface area contributed by atoms with Gasteiger partial charge in [0.1, 0.15) is 25.0 Å². The molecule has 1 fully saturated rings. The van der Waals surface area contributed by atoms with Crippen LogP contribution in [0.2, 0.25) is 0 Å². The van der Waals surface area contributed by atoms with Crippen molar-refractivity contribution in [2.75, 3.05) is 44.9 Å². The van der Waals surface area contributed by atoms with E-state index in [-0.39, 0.29) is 48.6 Å². The van der Waals surface area contributed by atoms with Crippen molar-refractivity contribution in [3.05, 3.63) is 61.9 Å². The molecule has 51 heavy (non-hydrogen) atoms. The smallest absolute Gasteiger partial charge is 0.456 e. The summed E-state index contributed by atoms with van der Waals surface area (Å²) in [7, 11) is -17.1. The third-order valence-corrected chi connectivity index (χ3v) is 10.4. The number of phosphoric ester groups is 1. The predicted octanol–water partition coefficient (Wildman–Crippen LogP) is -0.348. The first kappa shape index (κ1) is 42.5. The molecule has 0 spiro atoms. The standard InChI is InChI=1S/C25H38N5O18P3/c1-14-11-30(25(34)29-23(14)32)22-10-19(20(45-22)12-44-50(38,39)48-51(40,41)47-49(35,36)37)46-24(33)17-4-3-16(9-18(17)15(2)27)28-21(31)13-43-8-7-42-6-5-26/h3-4,9,11,15,19-20,22H,5-8,10,12-13,26-27H2,1-2H3,(H,28,31)(H,38,39)(H,40,41)(H,29,32,34)(H2,35,36,37)/t15?,19-,20?,22-/m1/s1. The van der Waals surface area contributed by atoms with Gasteiger partial charge in [0.25, 0.3) is 5.56 Å². The Morgan fingerprint density at radius 2 is 1.76 bits per heavy atom. The molecular formula is C25H38N5O18P3. The van der Waals surface area contributed by atoms with E-state index in [0.29, 0.717) is 13.2 Å². The SMILES string of the molecule is Cc1cn([C@H]2C[C@@H](OC(=O)c3ccc(NC(=O)COCCOCCN)cc3C(C)N)C(COP(=O)(O)OP(=O)(O)OP(=O)(O)O)O2)c(=O)[nH]c1=O. The molecule has 1 aromatic heterocycles. The van der Waals surface area contributed by atoms with Gasteiger partial charge >= 0.3 is 35.1 Å². The van der Waals surface area contributed by atoms with E-state index in [1.807, 2.05) is 0 Å². The summed E-state index contributed by atoms with van der Waals surface area (Å²) >= 11 is 0. The minimum atomic E-state index is -5.85. The van der Waals surface area contributed by atoms with Gasteiger partial charge in [0.2, 0.25) is 5.91 Å². The van der Waals surface area contributed by atoms with Crippen LogP contribution in [0, 0.1) is 6.92 Å². The molecule has 23 nitrogen and oxygen atoms in total. The first-order valence-electron chi connectivity index (χ1n) is 14.7. The van der Waals surface area contributed by atoms with Gasteiger partial charge in [-0.15, -0.1) is 0 Å². The highest BCUT2D eigenvalue weighted by Gasteiger charge is 2.44. The Morgan fingerprint density at radius 1 is 1.08 bits per heavy atom. The third kappa shape index (κ3) is 13.5. The number of H-pyrrole nitrogens is 1. The number of phosphoric acid groups is 3. The van der Waals surface area contributed by atoms with E-state index in [9.17, 15) is 42.7 Å². The molecule has 2 aromatic rings. The largest absolute Gasteiger partial charge is 0.490 e. The van der Waals surface area contributed by atoms with Gasteiger partial charge in [-0.05, 0) is 37.6 Å². The van der Waals surface area contributed by atoms with E-state index < -0.39 is 77.7 Å². The maximum absolute atomic E-state index is 13.5. The highest BCUT2D eigenvalue weighted by atomic mass is 31.3. The van der Waals surface area contributed by atoms with Gasteiger partial charge in [-0.25, -0.2) is 23.3 Å². The summed E-state index contributed by atoms with van der Waals surface area (Å²) in [4.78, 5) is 89.2. The minimum Gasteiger partial charge on any atom is -0.456 e. The Kier molecular flexibility index (Phi) is 15.1. The van der Waals surface area contributed by atoms with Crippen molar-refractivity contribution in [1.29, 1.82) is 0 Å². The van der Waals surface area contributed by atoms with Crippen LogP contribution in [0.15, 0.2) is 34.0 Å². The molecule has 1 aliphatic rings. The predicted molar refractivity (Wildman–Crippen MR) is 172 cm³/mol. The zero-order valence-corrected chi connectivity index (χ0v) is 29.7. The van der Waals surface area contributed by atoms with E-state index in [2.05, 4.69) is 23.4 Å². The van der Waals surface area contributed by atoms with Crippen LogP contribution in [0.1, 0.15) is 47.1 Å². The van der Waals surface area contributed by atoms with E-state index >= 15 is 0 Å². The van der Waals surface area contributed by atoms with Crippen LogP contribution in [0.3, 0.4) is 0 Å². The number of amides is 1. The van der Waals surface area contributed by atoms with Crippen LogP contribution < -0.4 is 28.0 Å². The highest BCUT2D eigenvalue weighted by Crippen LogP contribution is 2.66. The van der Waals surface area contributed by atoms with Gasteiger partial charge in [0.05, 0.1) is 32.0 Å². The quantitative estimate of drug-likeness (QED) is 0.0512. The summed E-state index contributed by atoms with van der Waals surface area (Å²) in [5.74, 6) is -1.51. The normalized spacial score (nSPS) is 20.7. The Morgan fingerprint density at radius 3 is 2.41 bits per heavy atom. The van der Waals surface area contributed by atoms with Crippen LogP contribution in [0.25, 0.3) is 0 Å². The Labute approximate surface area is 288 Å². The number of carbonyl (C=O) groups excluding carboxylic acids is 2. The average molecular weight is 790 g/mol. The van der Waals surface area contributed by atoms with Crippen LogP contribution in [-0.2, 0) is 50.6 Å². The van der Waals surface area contributed by atoms with E-state index in [1.165, 1.54) is 25.1 Å². The summed E-state index contributed by atoms with van der Waals surface area (Å²) in [5.41, 5.74) is 10.3. The van der Waals surface area contributed by atoms with Crippen molar-refractivity contribution in [2.24, 2.45) is 11.5 Å². The molecule has 26 heteroatoms. The second-order valence-corrected chi connectivity index (χ2v) is 15.2. The molecule has 286 valence electrons. The van der Waals surface area contributed by atoms with Gasteiger partial charge in [-0.1, -0.05) is 0 Å². The first-order valence-corrected chi connectivity index (χ1v) is 19.2. The molecule has 1 saturated heterocycles. The molecule has 6 atom stereocenters. The molecule has 3 rings (SSSR count). The summed E-state index contributed by atoms with van der Waals surface area (Å²) in [6.45, 7) is 2.69. The van der Waals surface area contributed by atoms with Crippen molar-refractivity contribution in [3.63, 3.8) is 0 Å². The number of aryl methyl sites for hydroxylation is 1. The Balaban J connectivity index is 1.80. The fourth-order valence-corrected chi connectivity index (χ4v) is 7.52. The number of anilines is 1. The van der Waals surface area contributed by atoms with Crippen LogP contribution in [0.4, 0.5) is 5.69 Å². The fourth-order valence-electron chi connectivity index (χ4n) is 4.49. The zero-order valence-electron chi connectivity index (χ0n) is 27.0. The van der Waals surface area contributed by atoms with Gasteiger partial charge < -0.3 is 55.3 Å². The summed E-state index contributed by atoms with van der Waals surface area (Å²) in [6.07, 6.45) is -3.29. The molecule has 1 aromatic carbocycles. The van der Waals surface area contributed by atoms with Crippen molar-refractivity contribution in [1.82, 2.24) is 9.55 Å². The maximum atomic E-state index is 13.5. The summed E-state index contributed by atoms with van der Waals surface area (Å²) < 4.78 is 69.9. The fraction of sp³-hybridized carbons (Fsp3) is 0.520. The minimum absolute atomic E-state index is 0.0663. The first-order chi connectivity index (χ1) is 23.7.